The predicted octanol–water partition coefficient (Wildman–Crippen LogP) is 4.51. The molecule has 0 saturated carbocycles. The third-order valence-corrected chi connectivity index (χ3v) is 7.33. The van der Waals surface area contributed by atoms with Crippen molar-refractivity contribution < 1.29 is 9.18 Å². The zero-order valence-electron chi connectivity index (χ0n) is 17.6. The monoisotopic (exact) mass is 510 g/mol. The quantitative estimate of drug-likeness (QED) is 0.509. The minimum absolute atomic E-state index is 0.0216. The van der Waals surface area contributed by atoms with E-state index in [0.29, 0.717) is 33.3 Å². The van der Waals surface area contributed by atoms with Crippen LogP contribution in [0, 0.1) is 11.2 Å². The van der Waals surface area contributed by atoms with Crippen LogP contribution in [0.25, 0.3) is 6.08 Å². The Labute approximate surface area is 196 Å². The maximum Gasteiger partial charge on any atom is 0.271 e. The van der Waals surface area contributed by atoms with Crippen LogP contribution in [0.15, 0.2) is 74.1 Å². The Kier molecular flexibility index (Phi) is 5.13. The molecule has 2 aromatic carbocycles. The first kappa shape index (κ1) is 21.2. The van der Waals surface area contributed by atoms with Crippen molar-refractivity contribution in [3.8, 4) is 0 Å². The van der Waals surface area contributed by atoms with E-state index in [1.807, 2.05) is 24.3 Å². The number of Topliss-reactive ketones (excluding diaryl/α,β-unsaturated/α-hetero) is 1. The first-order chi connectivity index (χ1) is 15.2. The molecule has 0 saturated heterocycles. The molecule has 5 rings (SSSR count). The van der Waals surface area contributed by atoms with Crippen molar-refractivity contribution >= 4 is 39.1 Å². The molecule has 1 unspecified atom stereocenters. The average molecular weight is 511 g/mol. The van der Waals surface area contributed by atoms with E-state index in [-0.39, 0.29) is 16.8 Å². The number of hydrogen-bond donors (Lipinski definition) is 0. The molecule has 4 nitrogen and oxygen atoms in total. The number of nitrogens with zero attached hydrogens (tertiary/aromatic N) is 2. The highest BCUT2D eigenvalue weighted by atomic mass is 79.9. The second-order valence-electron chi connectivity index (χ2n) is 8.96. The molecule has 1 aromatic heterocycles. The fraction of sp³-hybridized carbons (Fsp3) is 0.240. The summed E-state index contributed by atoms with van der Waals surface area (Å²) in [6.07, 6.45) is 2.64. The van der Waals surface area contributed by atoms with E-state index in [1.165, 1.54) is 17.4 Å². The van der Waals surface area contributed by atoms with Crippen molar-refractivity contribution in [1.29, 1.82) is 0 Å². The molecule has 1 aliphatic carbocycles. The summed E-state index contributed by atoms with van der Waals surface area (Å²) in [7, 11) is 0. The molecule has 0 amide bonds. The van der Waals surface area contributed by atoms with E-state index in [0.717, 1.165) is 15.7 Å². The van der Waals surface area contributed by atoms with Gasteiger partial charge < -0.3 is 0 Å². The van der Waals surface area contributed by atoms with Gasteiger partial charge in [-0.05, 0) is 41.7 Å². The topological polar surface area (TPSA) is 51.4 Å². The van der Waals surface area contributed by atoms with Gasteiger partial charge in [-0.2, -0.15) is 0 Å². The van der Waals surface area contributed by atoms with Gasteiger partial charge in [-0.1, -0.05) is 71.4 Å². The van der Waals surface area contributed by atoms with Crippen LogP contribution in [-0.2, 0) is 4.79 Å². The molecule has 0 N–H and O–H groups in total. The van der Waals surface area contributed by atoms with E-state index >= 15 is 0 Å². The van der Waals surface area contributed by atoms with Crippen molar-refractivity contribution in [1.82, 2.24) is 4.57 Å². The lowest BCUT2D eigenvalue weighted by atomic mass is 9.73. The van der Waals surface area contributed by atoms with Crippen LogP contribution in [0.2, 0.25) is 0 Å². The molecule has 2 aliphatic rings. The Balaban J connectivity index is 1.80. The highest BCUT2D eigenvalue weighted by Crippen LogP contribution is 2.43. The number of carbonyl (C=O) groups is 1. The number of fused-ring (bicyclic) bond motifs is 1. The molecular weight excluding hydrogens is 491 g/mol. The number of benzene rings is 2. The molecule has 2 heterocycles. The van der Waals surface area contributed by atoms with Gasteiger partial charge in [0.2, 0.25) is 0 Å². The summed E-state index contributed by atoms with van der Waals surface area (Å²) in [6, 6.07) is 13.5. The van der Waals surface area contributed by atoms with Gasteiger partial charge >= 0.3 is 0 Å². The fourth-order valence-corrected chi connectivity index (χ4v) is 5.90. The first-order valence-corrected chi connectivity index (χ1v) is 11.9. The largest absolute Gasteiger partial charge is 0.294 e. The molecule has 1 aliphatic heterocycles. The Morgan fingerprint density at radius 2 is 1.94 bits per heavy atom. The van der Waals surface area contributed by atoms with E-state index in [1.54, 1.807) is 28.8 Å². The second-order valence-corrected chi connectivity index (χ2v) is 10.9. The number of thiazole rings is 1. The van der Waals surface area contributed by atoms with Gasteiger partial charge in [0.15, 0.2) is 10.6 Å². The number of ketones is 1. The number of carbonyl (C=O) groups excluding carboxylic acids is 1. The third-order valence-electron chi connectivity index (χ3n) is 5.85. The van der Waals surface area contributed by atoms with Gasteiger partial charge in [0.05, 0.1) is 16.3 Å². The molecule has 3 aromatic rings. The van der Waals surface area contributed by atoms with Crippen LogP contribution < -0.4 is 14.9 Å². The molecule has 1 atom stereocenters. The van der Waals surface area contributed by atoms with Crippen molar-refractivity contribution in [3.63, 3.8) is 0 Å². The average Bonchev–Trinajstić information content (AvgIpc) is 3.02. The number of halogens is 2. The minimum atomic E-state index is -0.551. The Hall–Kier alpha value is -2.64. The highest BCUT2D eigenvalue weighted by Gasteiger charge is 2.40. The summed E-state index contributed by atoms with van der Waals surface area (Å²) in [4.78, 5) is 32.1. The zero-order valence-corrected chi connectivity index (χ0v) is 20.0. The van der Waals surface area contributed by atoms with Crippen molar-refractivity contribution in [2.45, 2.75) is 32.7 Å². The first-order valence-electron chi connectivity index (χ1n) is 10.3. The maximum absolute atomic E-state index is 14.2. The highest BCUT2D eigenvalue weighted by molar-refractivity contribution is 9.10. The number of aromatic nitrogens is 1. The molecule has 0 spiro atoms. The van der Waals surface area contributed by atoms with Crippen LogP contribution >= 0.6 is 27.3 Å². The Morgan fingerprint density at radius 3 is 2.69 bits per heavy atom. The summed E-state index contributed by atoms with van der Waals surface area (Å²) < 4.78 is 17.1. The van der Waals surface area contributed by atoms with Crippen LogP contribution in [0.1, 0.15) is 43.9 Å². The zero-order chi connectivity index (χ0) is 22.6. The van der Waals surface area contributed by atoms with Crippen molar-refractivity contribution in [3.05, 3.63) is 101 Å². The summed E-state index contributed by atoms with van der Waals surface area (Å²) in [5, 5.41) is 0. The normalized spacial score (nSPS) is 20.1. The Bertz CT molecular complexity index is 1480. The van der Waals surface area contributed by atoms with E-state index in [4.69, 9.17) is 4.99 Å². The third kappa shape index (κ3) is 3.63. The van der Waals surface area contributed by atoms with Gasteiger partial charge in [0.1, 0.15) is 5.82 Å². The van der Waals surface area contributed by atoms with Crippen LogP contribution in [0.3, 0.4) is 0 Å². The van der Waals surface area contributed by atoms with Gasteiger partial charge in [0, 0.05) is 22.0 Å². The van der Waals surface area contributed by atoms with E-state index in [9.17, 15) is 14.0 Å². The number of rotatable bonds is 2. The fourth-order valence-electron chi connectivity index (χ4n) is 4.47. The van der Waals surface area contributed by atoms with Gasteiger partial charge in [-0.3, -0.25) is 14.2 Å². The lowest BCUT2D eigenvalue weighted by Crippen LogP contribution is -2.42. The minimum Gasteiger partial charge on any atom is -0.294 e. The second kappa shape index (κ2) is 7.74. The van der Waals surface area contributed by atoms with Crippen LogP contribution in [0.4, 0.5) is 4.39 Å². The molecule has 0 bridgehead atoms. The van der Waals surface area contributed by atoms with E-state index < -0.39 is 11.9 Å². The summed E-state index contributed by atoms with van der Waals surface area (Å²) in [6.45, 7) is 4.12. The molecule has 162 valence electrons. The van der Waals surface area contributed by atoms with Gasteiger partial charge in [0.25, 0.3) is 5.56 Å². The predicted molar refractivity (Wildman–Crippen MR) is 127 cm³/mol. The van der Waals surface area contributed by atoms with Crippen molar-refractivity contribution in [2.24, 2.45) is 10.4 Å². The van der Waals surface area contributed by atoms with Crippen LogP contribution in [0.5, 0.6) is 0 Å². The summed E-state index contributed by atoms with van der Waals surface area (Å²) >= 11 is 4.74. The smallest absolute Gasteiger partial charge is 0.271 e. The van der Waals surface area contributed by atoms with Crippen LogP contribution in [-0.4, -0.2) is 10.4 Å². The van der Waals surface area contributed by atoms with Gasteiger partial charge in [-0.15, -0.1) is 0 Å². The SMILES string of the molecule is CC1(C)CC(=O)C2=C(C1)N=c1sc(=Cc3ccccc3F)c(=O)n1C2c1cccc(Br)c1. The molecule has 0 radical (unpaired) electrons. The van der Waals surface area contributed by atoms with Gasteiger partial charge in [-0.25, -0.2) is 9.38 Å². The summed E-state index contributed by atoms with van der Waals surface area (Å²) in [5.41, 5.74) is 2.06. The number of hydrogen-bond acceptors (Lipinski definition) is 4. The van der Waals surface area contributed by atoms with Crippen molar-refractivity contribution in [2.75, 3.05) is 0 Å². The summed E-state index contributed by atoms with van der Waals surface area (Å²) in [5.74, 6) is -0.369. The molecule has 0 fully saturated rings. The number of allylic oxidation sites excluding steroid dienone is 2. The molecule has 7 heteroatoms. The Morgan fingerprint density at radius 1 is 1.16 bits per heavy atom. The molecular formula is C25H20BrFN2O2S. The lowest BCUT2D eigenvalue weighted by Gasteiger charge is -2.35. The molecule has 32 heavy (non-hydrogen) atoms. The standard InChI is InChI=1S/C25H20BrFN2O2S/c1-25(2)12-18-21(19(30)13-25)22(15-7-5-8-16(26)10-15)29-23(31)20(32-24(29)28-18)11-14-6-3-4-9-17(14)27/h3-11,22H,12-13H2,1-2H3. The lowest BCUT2D eigenvalue weighted by molar-refractivity contribution is -0.118. The maximum atomic E-state index is 14.2. The van der Waals surface area contributed by atoms with E-state index in [2.05, 4.69) is 29.8 Å².